The van der Waals surface area contributed by atoms with Crippen LogP contribution in [0.15, 0.2) is 24.3 Å². The maximum absolute atomic E-state index is 12.3. The monoisotopic (exact) mass is 361 g/mol. The van der Waals surface area contributed by atoms with Crippen molar-refractivity contribution in [1.29, 1.82) is 0 Å². The molecule has 2 aliphatic rings. The Morgan fingerprint density at radius 3 is 2.69 bits per heavy atom. The number of hydrogen-bond acceptors (Lipinski definition) is 5. The lowest BCUT2D eigenvalue weighted by molar-refractivity contribution is -0.132. The molecule has 0 aromatic heterocycles. The predicted molar refractivity (Wildman–Crippen MR) is 92.5 cm³/mol. The number of ether oxygens (including phenoxy) is 2. The van der Waals surface area contributed by atoms with E-state index in [1.807, 2.05) is 0 Å². The highest BCUT2D eigenvalue weighted by Gasteiger charge is 2.47. The molecule has 0 saturated carbocycles. The molecule has 2 heterocycles. The predicted octanol–water partition coefficient (Wildman–Crippen LogP) is 1.61. The second-order valence-corrected chi connectivity index (χ2v) is 6.67. The van der Waals surface area contributed by atoms with Crippen LogP contribution in [-0.4, -0.2) is 47.7 Å². The van der Waals surface area contributed by atoms with Crippen molar-refractivity contribution in [1.82, 2.24) is 15.8 Å². The van der Waals surface area contributed by atoms with Gasteiger partial charge in [-0.15, -0.1) is 0 Å². The molecule has 2 fully saturated rings. The van der Waals surface area contributed by atoms with Crippen molar-refractivity contribution in [3.63, 3.8) is 0 Å². The summed E-state index contributed by atoms with van der Waals surface area (Å²) in [6, 6.07) is 5.87. The fraction of sp³-hybridized carbons (Fsp3) is 0.500. The Hall–Kier alpha value is -2.61. The number of carbonyl (C=O) groups is 3. The maximum Gasteiger partial charge on any atom is 0.344 e. The number of nitrogens with zero attached hydrogens (tertiary/aromatic N) is 1. The number of amides is 4. The van der Waals surface area contributed by atoms with Crippen LogP contribution in [0.25, 0.3) is 0 Å². The molecule has 2 N–H and O–H groups in total. The highest BCUT2D eigenvalue weighted by Crippen LogP contribution is 2.20. The number of urea groups is 1. The first-order valence-corrected chi connectivity index (χ1v) is 8.75. The summed E-state index contributed by atoms with van der Waals surface area (Å²) in [7, 11) is 0. The Bertz CT molecular complexity index is 699. The third-order valence-corrected chi connectivity index (χ3v) is 4.76. The van der Waals surface area contributed by atoms with E-state index in [9.17, 15) is 14.4 Å². The summed E-state index contributed by atoms with van der Waals surface area (Å²) in [4.78, 5) is 36.6. The molecule has 0 bridgehead atoms. The van der Waals surface area contributed by atoms with Crippen LogP contribution in [0.5, 0.6) is 5.75 Å². The zero-order chi connectivity index (χ0) is 18.7. The number of hydrogen-bond donors (Lipinski definition) is 2. The first-order valence-electron chi connectivity index (χ1n) is 8.75. The van der Waals surface area contributed by atoms with E-state index >= 15 is 0 Å². The fourth-order valence-electron chi connectivity index (χ4n) is 2.86. The van der Waals surface area contributed by atoms with Gasteiger partial charge in [-0.25, -0.2) is 4.79 Å². The normalized spacial score (nSPS) is 25.3. The lowest BCUT2D eigenvalue weighted by atomic mass is 10.00. The van der Waals surface area contributed by atoms with Gasteiger partial charge in [-0.2, -0.15) is 5.01 Å². The molecule has 8 nitrogen and oxygen atoms in total. The van der Waals surface area contributed by atoms with Crippen LogP contribution in [-0.2, 0) is 9.53 Å². The van der Waals surface area contributed by atoms with Gasteiger partial charge < -0.3 is 14.8 Å². The summed E-state index contributed by atoms with van der Waals surface area (Å²) in [6.45, 7) is 4.66. The van der Waals surface area contributed by atoms with E-state index in [0.29, 0.717) is 24.3 Å². The Morgan fingerprint density at radius 1 is 1.38 bits per heavy atom. The van der Waals surface area contributed by atoms with E-state index in [0.717, 1.165) is 24.5 Å². The van der Waals surface area contributed by atoms with Crippen molar-refractivity contribution >= 4 is 17.8 Å². The van der Waals surface area contributed by atoms with Gasteiger partial charge >= 0.3 is 6.03 Å². The minimum Gasteiger partial charge on any atom is -0.491 e. The summed E-state index contributed by atoms with van der Waals surface area (Å²) >= 11 is 0. The molecular weight excluding hydrogens is 338 g/mol. The Labute approximate surface area is 151 Å². The van der Waals surface area contributed by atoms with Gasteiger partial charge in [0.15, 0.2) is 0 Å². The molecule has 4 amide bonds. The van der Waals surface area contributed by atoms with Crippen molar-refractivity contribution in [2.45, 2.75) is 44.8 Å². The smallest absolute Gasteiger partial charge is 0.344 e. The van der Waals surface area contributed by atoms with E-state index in [1.165, 1.54) is 0 Å². The molecule has 2 saturated heterocycles. The summed E-state index contributed by atoms with van der Waals surface area (Å²) < 4.78 is 11.1. The van der Waals surface area contributed by atoms with Crippen LogP contribution in [0.4, 0.5) is 4.79 Å². The highest BCUT2D eigenvalue weighted by atomic mass is 16.5. The molecular formula is C18H23N3O5. The van der Waals surface area contributed by atoms with Gasteiger partial charge in [-0.1, -0.05) is 6.92 Å². The van der Waals surface area contributed by atoms with Crippen LogP contribution < -0.4 is 15.5 Å². The average molecular weight is 361 g/mol. The van der Waals surface area contributed by atoms with E-state index in [2.05, 4.69) is 10.7 Å². The van der Waals surface area contributed by atoms with Crippen molar-refractivity contribution in [2.75, 3.05) is 13.2 Å². The summed E-state index contributed by atoms with van der Waals surface area (Å²) in [5.41, 5.74) is 1.68. The second kappa shape index (κ2) is 7.33. The molecule has 0 spiro atoms. The minimum atomic E-state index is -0.996. The second-order valence-electron chi connectivity index (χ2n) is 6.67. The van der Waals surface area contributed by atoms with Crippen molar-refractivity contribution in [3.8, 4) is 5.75 Å². The first-order chi connectivity index (χ1) is 12.4. The standard InChI is InChI=1S/C18H23N3O5/c1-3-18(2)16(23)21(17(24)19-18)20-15(22)12-6-8-13(9-7-12)26-11-14-5-4-10-25-14/h6-9,14H,3-5,10-11H2,1-2H3,(H,19,24)(H,20,22)/t14-,18-/m0/s1. The van der Waals surface area contributed by atoms with Gasteiger partial charge in [0.05, 0.1) is 6.10 Å². The molecule has 26 heavy (non-hydrogen) atoms. The van der Waals surface area contributed by atoms with Crippen LogP contribution in [0, 0.1) is 0 Å². The van der Waals surface area contributed by atoms with E-state index in [1.54, 1.807) is 38.1 Å². The summed E-state index contributed by atoms with van der Waals surface area (Å²) in [5.74, 6) is -0.389. The maximum atomic E-state index is 12.3. The Kier molecular flexibility index (Phi) is 5.13. The van der Waals surface area contributed by atoms with Gasteiger partial charge in [-0.05, 0) is 50.5 Å². The average Bonchev–Trinajstić information content (AvgIpc) is 3.23. The minimum absolute atomic E-state index is 0.116. The van der Waals surface area contributed by atoms with Gasteiger partial charge in [0.2, 0.25) is 0 Å². The van der Waals surface area contributed by atoms with E-state index < -0.39 is 23.4 Å². The van der Waals surface area contributed by atoms with Crippen molar-refractivity contribution in [3.05, 3.63) is 29.8 Å². The molecule has 2 atom stereocenters. The number of rotatable bonds is 6. The lowest BCUT2D eigenvalue weighted by Gasteiger charge is -2.19. The molecule has 0 unspecified atom stereocenters. The molecule has 3 rings (SSSR count). The number of benzene rings is 1. The number of nitrogens with one attached hydrogen (secondary N) is 2. The molecule has 140 valence electrons. The number of carbonyl (C=O) groups excluding carboxylic acids is 3. The van der Waals surface area contributed by atoms with Crippen molar-refractivity contribution in [2.24, 2.45) is 0 Å². The van der Waals surface area contributed by atoms with Crippen LogP contribution in [0.1, 0.15) is 43.5 Å². The molecule has 0 aliphatic carbocycles. The topological polar surface area (TPSA) is 97.0 Å². The van der Waals surface area contributed by atoms with Crippen molar-refractivity contribution < 1.29 is 23.9 Å². The third kappa shape index (κ3) is 3.65. The zero-order valence-corrected chi connectivity index (χ0v) is 14.9. The molecule has 8 heteroatoms. The highest BCUT2D eigenvalue weighted by molar-refractivity contribution is 6.09. The van der Waals surface area contributed by atoms with Gasteiger partial charge in [0.25, 0.3) is 11.8 Å². The van der Waals surface area contributed by atoms with Crippen LogP contribution in [0.2, 0.25) is 0 Å². The molecule has 2 aliphatic heterocycles. The fourth-order valence-corrected chi connectivity index (χ4v) is 2.86. The molecule has 1 aromatic carbocycles. The Morgan fingerprint density at radius 2 is 2.12 bits per heavy atom. The molecule has 0 radical (unpaired) electrons. The van der Waals surface area contributed by atoms with Gasteiger partial charge in [0, 0.05) is 12.2 Å². The summed E-state index contributed by atoms with van der Waals surface area (Å²) in [5, 5.41) is 3.31. The number of imide groups is 1. The van der Waals surface area contributed by atoms with Crippen LogP contribution in [0.3, 0.4) is 0 Å². The van der Waals surface area contributed by atoms with E-state index in [4.69, 9.17) is 9.47 Å². The van der Waals surface area contributed by atoms with Gasteiger partial charge in [-0.3, -0.25) is 15.0 Å². The van der Waals surface area contributed by atoms with E-state index in [-0.39, 0.29) is 6.10 Å². The van der Waals surface area contributed by atoms with Gasteiger partial charge in [0.1, 0.15) is 17.9 Å². The molecule has 1 aromatic rings. The lowest BCUT2D eigenvalue weighted by Crippen LogP contribution is -2.48. The third-order valence-electron chi connectivity index (χ3n) is 4.76. The zero-order valence-electron chi connectivity index (χ0n) is 14.9. The quantitative estimate of drug-likeness (QED) is 0.751. The summed E-state index contributed by atoms with van der Waals surface area (Å²) in [6.07, 6.45) is 2.59. The SMILES string of the molecule is CC[C@]1(C)NC(=O)N(NC(=O)c2ccc(OC[C@@H]3CCCO3)cc2)C1=O. The Balaban J connectivity index is 1.58. The largest absolute Gasteiger partial charge is 0.491 e. The number of hydrazine groups is 1. The van der Waals surface area contributed by atoms with Crippen LogP contribution >= 0.6 is 0 Å². The first kappa shape index (κ1) is 18.2.